The summed E-state index contributed by atoms with van der Waals surface area (Å²) in [6.45, 7) is 5.28. The lowest BCUT2D eigenvalue weighted by molar-refractivity contribution is 0.199. The van der Waals surface area contributed by atoms with Crippen LogP contribution < -0.4 is 15.4 Å². The van der Waals surface area contributed by atoms with E-state index in [1.807, 2.05) is 19.4 Å². The third-order valence-electron chi connectivity index (χ3n) is 3.54. The third-order valence-corrected chi connectivity index (χ3v) is 4.47. The molecule has 2 aromatic rings. The van der Waals surface area contributed by atoms with E-state index in [1.54, 1.807) is 30.5 Å². The van der Waals surface area contributed by atoms with Gasteiger partial charge >= 0.3 is 0 Å². The highest BCUT2D eigenvalue weighted by molar-refractivity contribution is 14.0. The molecule has 0 saturated heterocycles. The van der Waals surface area contributed by atoms with Gasteiger partial charge in [-0.15, -0.1) is 35.3 Å². The molecular formula is C17H24FIN4OS. The number of hydrogen-bond donors (Lipinski definition) is 2. The summed E-state index contributed by atoms with van der Waals surface area (Å²) in [4.78, 5) is 9.62. The molecule has 5 nitrogen and oxygen atoms in total. The van der Waals surface area contributed by atoms with Gasteiger partial charge in [-0.05, 0) is 25.5 Å². The molecule has 0 saturated carbocycles. The fourth-order valence-electron chi connectivity index (χ4n) is 2.09. The van der Waals surface area contributed by atoms with E-state index in [0.29, 0.717) is 24.8 Å². The highest BCUT2D eigenvalue weighted by Crippen LogP contribution is 2.15. The Kier molecular flexibility index (Phi) is 9.73. The summed E-state index contributed by atoms with van der Waals surface area (Å²) in [5.41, 5.74) is 2.87. The smallest absolute Gasteiger partial charge is 0.191 e. The van der Waals surface area contributed by atoms with Crippen molar-refractivity contribution >= 4 is 41.3 Å². The monoisotopic (exact) mass is 478 g/mol. The van der Waals surface area contributed by atoms with E-state index in [9.17, 15) is 4.39 Å². The van der Waals surface area contributed by atoms with Gasteiger partial charge in [-0.2, -0.15) is 0 Å². The fourth-order valence-corrected chi connectivity index (χ4v) is 2.81. The molecule has 0 amide bonds. The number of ether oxygens (including phenoxy) is 1. The van der Waals surface area contributed by atoms with Crippen molar-refractivity contribution < 1.29 is 9.13 Å². The maximum absolute atomic E-state index is 13.2. The van der Waals surface area contributed by atoms with Crippen molar-refractivity contribution in [3.8, 4) is 5.75 Å². The first-order valence-corrected chi connectivity index (χ1v) is 8.76. The summed E-state index contributed by atoms with van der Waals surface area (Å²) < 4.78 is 19.0. The van der Waals surface area contributed by atoms with Crippen LogP contribution in [-0.2, 0) is 6.54 Å². The van der Waals surface area contributed by atoms with Crippen LogP contribution in [0.25, 0.3) is 0 Å². The van der Waals surface area contributed by atoms with Crippen molar-refractivity contribution in [1.29, 1.82) is 0 Å². The van der Waals surface area contributed by atoms with Gasteiger partial charge in [-0.3, -0.25) is 4.99 Å². The molecule has 0 radical (unpaired) electrons. The molecule has 8 heteroatoms. The van der Waals surface area contributed by atoms with Crippen LogP contribution in [0.15, 0.2) is 34.8 Å². The van der Waals surface area contributed by atoms with Crippen molar-refractivity contribution in [2.24, 2.45) is 4.99 Å². The minimum Gasteiger partial charge on any atom is -0.489 e. The van der Waals surface area contributed by atoms with Crippen LogP contribution in [0.4, 0.5) is 4.39 Å². The number of aliphatic imine (C=N–C) groups is 1. The number of nitrogens with one attached hydrogen (secondary N) is 2. The molecule has 1 unspecified atom stereocenters. The minimum atomic E-state index is -0.298. The molecule has 1 atom stereocenters. The van der Waals surface area contributed by atoms with Crippen LogP contribution in [-0.4, -0.2) is 30.6 Å². The van der Waals surface area contributed by atoms with E-state index < -0.39 is 0 Å². The molecule has 1 aromatic carbocycles. The van der Waals surface area contributed by atoms with Crippen molar-refractivity contribution in [1.82, 2.24) is 15.6 Å². The third kappa shape index (κ3) is 7.15. The topological polar surface area (TPSA) is 58.5 Å². The lowest BCUT2D eigenvalue weighted by Crippen LogP contribution is -2.42. The number of hydrogen-bond acceptors (Lipinski definition) is 4. The first-order chi connectivity index (χ1) is 11.6. The molecule has 0 bridgehead atoms. The second kappa shape index (κ2) is 11.2. The van der Waals surface area contributed by atoms with Crippen molar-refractivity contribution in [3.05, 3.63) is 46.2 Å². The van der Waals surface area contributed by atoms with E-state index in [2.05, 4.69) is 20.6 Å². The molecule has 0 aliphatic heterocycles. The first kappa shape index (κ1) is 21.6. The van der Waals surface area contributed by atoms with E-state index in [1.165, 1.54) is 17.0 Å². The van der Waals surface area contributed by atoms with Crippen molar-refractivity contribution in [2.75, 3.05) is 13.6 Å². The molecule has 1 heterocycles. The second-order valence-electron chi connectivity index (χ2n) is 5.27. The zero-order chi connectivity index (χ0) is 17.4. The number of guanidine groups is 1. The summed E-state index contributed by atoms with van der Waals surface area (Å²) in [6.07, 6.45) is 0.726. The van der Waals surface area contributed by atoms with Gasteiger partial charge in [-0.25, -0.2) is 9.37 Å². The Morgan fingerprint density at radius 2 is 2.20 bits per heavy atom. The normalized spacial score (nSPS) is 12.2. The maximum atomic E-state index is 13.2. The zero-order valence-electron chi connectivity index (χ0n) is 14.6. The Bertz CT molecular complexity index is 680. The number of halogens is 2. The lowest BCUT2D eigenvalue weighted by atomic mass is 10.2. The van der Waals surface area contributed by atoms with Crippen LogP contribution in [0.3, 0.4) is 0 Å². The molecule has 0 fully saturated rings. The van der Waals surface area contributed by atoms with Gasteiger partial charge in [0.25, 0.3) is 0 Å². The Balaban J connectivity index is 0.00000312. The lowest BCUT2D eigenvalue weighted by Gasteiger charge is -2.20. The largest absolute Gasteiger partial charge is 0.489 e. The fraction of sp³-hybridized carbons (Fsp3) is 0.412. The van der Waals surface area contributed by atoms with E-state index in [0.717, 1.165) is 12.1 Å². The Morgan fingerprint density at radius 1 is 1.40 bits per heavy atom. The zero-order valence-corrected chi connectivity index (χ0v) is 17.7. The van der Waals surface area contributed by atoms with Crippen LogP contribution >= 0.6 is 35.3 Å². The van der Waals surface area contributed by atoms with Crippen molar-refractivity contribution in [3.63, 3.8) is 0 Å². The first-order valence-electron chi connectivity index (χ1n) is 7.88. The van der Waals surface area contributed by atoms with Gasteiger partial charge in [0.15, 0.2) is 5.96 Å². The van der Waals surface area contributed by atoms with E-state index in [4.69, 9.17) is 4.74 Å². The Hall–Kier alpha value is -1.42. The summed E-state index contributed by atoms with van der Waals surface area (Å²) >= 11 is 1.62. The standard InChI is InChI=1S/C17H23FN4OS.HI/c1-4-14(23-15-7-5-6-13(18)8-15)9-20-17(19-3)21-10-16-12(2)22-11-24-16;/h5-8,11,14H,4,9-10H2,1-3H3,(H2,19,20,21);1H. The highest BCUT2D eigenvalue weighted by atomic mass is 127. The predicted molar refractivity (Wildman–Crippen MR) is 112 cm³/mol. The van der Waals surface area contributed by atoms with Gasteiger partial charge in [0.05, 0.1) is 24.3 Å². The molecular weight excluding hydrogens is 454 g/mol. The summed E-state index contributed by atoms with van der Waals surface area (Å²) in [5.74, 6) is 0.934. The Morgan fingerprint density at radius 3 is 2.80 bits per heavy atom. The molecule has 0 aliphatic carbocycles. The second-order valence-corrected chi connectivity index (χ2v) is 6.21. The highest BCUT2D eigenvalue weighted by Gasteiger charge is 2.10. The van der Waals surface area contributed by atoms with Crippen molar-refractivity contribution in [2.45, 2.75) is 32.9 Å². The summed E-state index contributed by atoms with van der Waals surface area (Å²) in [5, 5.41) is 6.50. The van der Waals surface area contributed by atoms with Gasteiger partial charge in [-0.1, -0.05) is 13.0 Å². The number of benzene rings is 1. The number of thiazole rings is 1. The predicted octanol–water partition coefficient (Wildman–Crippen LogP) is 3.73. The average molecular weight is 478 g/mol. The van der Waals surface area contributed by atoms with Gasteiger partial charge in [0.2, 0.25) is 0 Å². The molecule has 25 heavy (non-hydrogen) atoms. The number of aryl methyl sites for hydroxylation is 1. The number of nitrogens with zero attached hydrogens (tertiary/aromatic N) is 2. The maximum Gasteiger partial charge on any atom is 0.191 e. The molecule has 2 rings (SSSR count). The average Bonchev–Trinajstić information content (AvgIpc) is 2.99. The van der Waals surface area contributed by atoms with Gasteiger partial charge < -0.3 is 15.4 Å². The van der Waals surface area contributed by atoms with E-state index in [-0.39, 0.29) is 35.9 Å². The quantitative estimate of drug-likeness (QED) is 0.362. The summed E-state index contributed by atoms with van der Waals surface area (Å²) in [6, 6.07) is 6.19. The molecule has 2 N–H and O–H groups in total. The number of aromatic nitrogens is 1. The van der Waals surface area contributed by atoms with Gasteiger partial charge in [0, 0.05) is 18.0 Å². The summed E-state index contributed by atoms with van der Waals surface area (Å²) in [7, 11) is 1.73. The van der Waals surface area contributed by atoms with Crippen LogP contribution in [0.2, 0.25) is 0 Å². The molecule has 1 aromatic heterocycles. The van der Waals surface area contributed by atoms with Crippen LogP contribution in [0.1, 0.15) is 23.9 Å². The molecule has 0 spiro atoms. The van der Waals surface area contributed by atoms with Crippen LogP contribution in [0.5, 0.6) is 5.75 Å². The van der Waals surface area contributed by atoms with Crippen LogP contribution in [0, 0.1) is 12.7 Å². The van der Waals surface area contributed by atoms with Gasteiger partial charge in [0.1, 0.15) is 17.7 Å². The van der Waals surface area contributed by atoms with E-state index >= 15 is 0 Å². The minimum absolute atomic E-state index is 0. The SMILES string of the molecule is CCC(CNC(=NC)NCc1scnc1C)Oc1cccc(F)c1.I. The number of rotatable bonds is 7. The molecule has 138 valence electrons. The molecule has 0 aliphatic rings. The Labute approximate surface area is 169 Å².